The first-order chi connectivity index (χ1) is 11.7. The van der Waals surface area contributed by atoms with Gasteiger partial charge in [0.1, 0.15) is 5.52 Å². The second-order valence-corrected chi connectivity index (χ2v) is 6.32. The number of hydrogen-bond donors (Lipinski definition) is 2. The van der Waals surface area contributed by atoms with Crippen molar-refractivity contribution in [2.24, 2.45) is 5.92 Å². The van der Waals surface area contributed by atoms with Crippen LogP contribution in [-0.4, -0.2) is 46.6 Å². The van der Waals surface area contributed by atoms with Crippen molar-refractivity contribution in [2.75, 3.05) is 42.2 Å². The molecule has 1 fully saturated rings. The molecule has 1 aromatic carbocycles. The first-order valence-electron chi connectivity index (χ1n) is 8.18. The number of H-pyrrole nitrogens is 1. The number of anilines is 3. The summed E-state index contributed by atoms with van der Waals surface area (Å²) in [5.74, 6) is 1.66. The van der Waals surface area contributed by atoms with E-state index in [1.54, 1.807) is 6.33 Å². The van der Waals surface area contributed by atoms with E-state index in [-0.39, 0.29) is 5.95 Å². The Morgan fingerprint density at radius 1 is 1.29 bits per heavy atom. The summed E-state index contributed by atoms with van der Waals surface area (Å²) in [4.78, 5) is 20.4. The summed E-state index contributed by atoms with van der Waals surface area (Å²) in [7, 11) is 2.05. The van der Waals surface area contributed by atoms with Gasteiger partial charge in [-0.3, -0.25) is 0 Å². The SMILES string of the molecule is CN(C[C@@H]1CCN(c2ccccc2)C1)c1nc(N)nc2nc[nH]c12. The van der Waals surface area contributed by atoms with Crippen LogP contribution in [0.5, 0.6) is 0 Å². The molecule has 0 unspecified atom stereocenters. The Balaban J connectivity index is 1.48. The molecule has 0 saturated carbocycles. The van der Waals surface area contributed by atoms with Gasteiger partial charge in [0, 0.05) is 32.4 Å². The summed E-state index contributed by atoms with van der Waals surface area (Å²) in [6, 6.07) is 10.6. The van der Waals surface area contributed by atoms with Crippen LogP contribution in [0.3, 0.4) is 0 Å². The highest BCUT2D eigenvalue weighted by Crippen LogP contribution is 2.26. The molecule has 1 atom stereocenters. The summed E-state index contributed by atoms with van der Waals surface area (Å²) in [5.41, 5.74) is 8.56. The number of nitrogen functional groups attached to an aromatic ring is 1. The van der Waals surface area contributed by atoms with Gasteiger partial charge in [0.2, 0.25) is 5.95 Å². The van der Waals surface area contributed by atoms with E-state index in [0.717, 1.165) is 31.0 Å². The number of nitrogens with two attached hydrogens (primary N) is 1. The highest BCUT2D eigenvalue weighted by atomic mass is 15.2. The second-order valence-electron chi connectivity index (χ2n) is 6.32. The average Bonchev–Trinajstić information content (AvgIpc) is 3.24. The number of nitrogens with one attached hydrogen (secondary N) is 1. The molecule has 0 aliphatic carbocycles. The summed E-state index contributed by atoms with van der Waals surface area (Å²) >= 11 is 0. The molecule has 4 rings (SSSR count). The molecule has 3 aromatic rings. The molecule has 1 aliphatic rings. The number of nitrogens with zero attached hydrogens (tertiary/aromatic N) is 5. The Morgan fingerprint density at radius 2 is 2.12 bits per heavy atom. The molecule has 0 spiro atoms. The van der Waals surface area contributed by atoms with Crippen LogP contribution >= 0.6 is 0 Å². The number of rotatable bonds is 4. The maximum Gasteiger partial charge on any atom is 0.224 e. The lowest BCUT2D eigenvalue weighted by Gasteiger charge is -2.23. The van der Waals surface area contributed by atoms with Crippen molar-refractivity contribution in [2.45, 2.75) is 6.42 Å². The predicted molar refractivity (Wildman–Crippen MR) is 96.1 cm³/mol. The standard InChI is InChI=1S/C17H21N7/c1-23(16-14-15(20-11-19-14)21-17(18)22-16)9-12-7-8-24(10-12)13-5-3-2-4-6-13/h2-6,11-12H,7-10H2,1H3,(H3,18,19,20,21,22)/t12-/m0/s1. The van der Waals surface area contributed by atoms with Crippen LogP contribution in [0.25, 0.3) is 11.2 Å². The van der Waals surface area contributed by atoms with Crippen LogP contribution in [0.15, 0.2) is 36.7 Å². The zero-order valence-corrected chi connectivity index (χ0v) is 13.7. The van der Waals surface area contributed by atoms with Gasteiger partial charge in [-0.25, -0.2) is 4.98 Å². The van der Waals surface area contributed by atoms with Crippen molar-refractivity contribution >= 4 is 28.6 Å². The van der Waals surface area contributed by atoms with Crippen molar-refractivity contribution in [1.29, 1.82) is 0 Å². The molecule has 0 radical (unpaired) electrons. The largest absolute Gasteiger partial charge is 0.371 e. The Kier molecular flexibility index (Phi) is 3.68. The number of benzene rings is 1. The van der Waals surface area contributed by atoms with E-state index in [0.29, 0.717) is 11.6 Å². The highest BCUT2D eigenvalue weighted by Gasteiger charge is 2.25. The molecule has 24 heavy (non-hydrogen) atoms. The van der Waals surface area contributed by atoms with E-state index in [9.17, 15) is 0 Å². The predicted octanol–water partition coefficient (Wildman–Crippen LogP) is 1.90. The monoisotopic (exact) mass is 323 g/mol. The van der Waals surface area contributed by atoms with Gasteiger partial charge in [0.25, 0.3) is 0 Å². The normalized spacial score (nSPS) is 17.5. The number of imidazole rings is 1. The minimum absolute atomic E-state index is 0.258. The second kappa shape index (κ2) is 5.99. The molecule has 3 heterocycles. The zero-order chi connectivity index (χ0) is 16.5. The molecule has 0 bridgehead atoms. The van der Waals surface area contributed by atoms with Crippen molar-refractivity contribution in [1.82, 2.24) is 19.9 Å². The number of para-hydroxylation sites is 1. The zero-order valence-electron chi connectivity index (χ0n) is 13.7. The van der Waals surface area contributed by atoms with E-state index in [4.69, 9.17) is 5.73 Å². The van der Waals surface area contributed by atoms with Crippen molar-refractivity contribution in [3.05, 3.63) is 36.7 Å². The minimum atomic E-state index is 0.258. The van der Waals surface area contributed by atoms with Gasteiger partial charge in [-0.05, 0) is 24.5 Å². The molecule has 1 aliphatic heterocycles. The summed E-state index contributed by atoms with van der Waals surface area (Å²) in [5, 5.41) is 0. The van der Waals surface area contributed by atoms with Crippen molar-refractivity contribution in [3.63, 3.8) is 0 Å². The van der Waals surface area contributed by atoms with Gasteiger partial charge < -0.3 is 20.5 Å². The smallest absolute Gasteiger partial charge is 0.224 e. The summed E-state index contributed by atoms with van der Waals surface area (Å²) in [6.07, 6.45) is 2.80. The van der Waals surface area contributed by atoms with Gasteiger partial charge in [-0.1, -0.05) is 18.2 Å². The van der Waals surface area contributed by atoms with Gasteiger partial charge >= 0.3 is 0 Å². The Morgan fingerprint density at radius 3 is 2.96 bits per heavy atom. The minimum Gasteiger partial charge on any atom is -0.371 e. The van der Waals surface area contributed by atoms with Crippen LogP contribution < -0.4 is 15.5 Å². The average molecular weight is 323 g/mol. The van der Waals surface area contributed by atoms with E-state index >= 15 is 0 Å². The van der Waals surface area contributed by atoms with Crippen LogP contribution in [0.2, 0.25) is 0 Å². The Labute approximate surface area is 140 Å². The van der Waals surface area contributed by atoms with Crippen LogP contribution in [-0.2, 0) is 0 Å². The molecule has 7 heteroatoms. The maximum absolute atomic E-state index is 5.82. The molecular weight excluding hydrogens is 302 g/mol. The fourth-order valence-electron chi connectivity index (χ4n) is 3.44. The molecule has 7 nitrogen and oxygen atoms in total. The van der Waals surface area contributed by atoms with Gasteiger partial charge in [-0.2, -0.15) is 9.97 Å². The molecule has 2 aromatic heterocycles. The number of aromatic amines is 1. The first-order valence-corrected chi connectivity index (χ1v) is 8.18. The van der Waals surface area contributed by atoms with Gasteiger partial charge in [0.05, 0.1) is 6.33 Å². The molecule has 0 amide bonds. The molecular formula is C17H21N7. The lowest BCUT2D eigenvalue weighted by Crippen LogP contribution is -2.29. The van der Waals surface area contributed by atoms with E-state index < -0.39 is 0 Å². The third kappa shape index (κ3) is 2.73. The molecule has 124 valence electrons. The lowest BCUT2D eigenvalue weighted by molar-refractivity contribution is 0.582. The van der Waals surface area contributed by atoms with Crippen LogP contribution in [0.4, 0.5) is 17.5 Å². The van der Waals surface area contributed by atoms with E-state index in [1.165, 1.54) is 12.1 Å². The summed E-state index contributed by atoms with van der Waals surface area (Å²) in [6.45, 7) is 3.07. The third-order valence-electron chi connectivity index (χ3n) is 4.58. The Hall–Kier alpha value is -2.83. The highest BCUT2D eigenvalue weighted by molar-refractivity contribution is 5.84. The number of aromatic nitrogens is 4. The van der Waals surface area contributed by atoms with Gasteiger partial charge in [-0.15, -0.1) is 0 Å². The first kappa shape index (κ1) is 14.7. The van der Waals surface area contributed by atoms with Crippen LogP contribution in [0, 0.1) is 5.92 Å². The number of fused-ring (bicyclic) bond motifs is 1. The summed E-state index contributed by atoms with van der Waals surface area (Å²) < 4.78 is 0. The quantitative estimate of drug-likeness (QED) is 0.762. The fraction of sp³-hybridized carbons (Fsp3) is 0.353. The number of hydrogen-bond acceptors (Lipinski definition) is 6. The van der Waals surface area contributed by atoms with Gasteiger partial charge in [0.15, 0.2) is 11.5 Å². The third-order valence-corrected chi connectivity index (χ3v) is 4.58. The van der Waals surface area contributed by atoms with E-state index in [2.05, 4.69) is 60.1 Å². The fourth-order valence-corrected chi connectivity index (χ4v) is 3.44. The lowest BCUT2D eigenvalue weighted by atomic mass is 10.1. The topological polar surface area (TPSA) is 87.0 Å². The van der Waals surface area contributed by atoms with Crippen LogP contribution in [0.1, 0.15) is 6.42 Å². The van der Waals surface area contributed by atoms with E-state index in [1.807, 2.05) is 7.05 Å². The molecule has 3 N–H and O–H groups in total. The Bertz CT molecular complexity index is 829. The van der Waals surface area contributed by atoms with Crippen molar-refractivity contribution < 1.29 is 0 Å². The van der Waals surface area contributed by atoms with Crippen molar-refractivity contribution in [3.8, 4) is 0 Å². The maximum atomic E-state index is 5.82. The molecule has 1 saturated heterocycles.